The van der Waals surface area contributed by atoms with E-state index in [1.54, 1.807) is 0 Å². The lowest BCUT2D eigenvalue weighted by molar-refractivity contribution is -0.0230. The Morgan fingerprint density at radius 1 is 1.19 bits per heavy atom. The highest BCUT2D eigenvalue weighted by Crippen LogP contribution is 2.20. The third kappa shape index (κ3) is 5.69. The fraction of sp³-hybridized carbons (Fsp3) is 0.625. The monoisotopic (exact) mass is 299 g/mol. The molecule has 0 aromatic heterocycles. The summed E-state index contributed by atoms with van der Waals surface area (Å²) in [6.45, 7) is 1.07. The van der Waals surface area contributed by atoms with Gasteiger partial charge in [-0.15, -0.1) is 0 Å². The number of hydrogen-bond donors (Lipinski definition) is 2. The van der Waals surface area contributed by atoms with Gasteiger partial charge in [-0.05, 0) is 30.5 Å². The number of hydrogen-bond acceptors (Lipinski definition) is 3. The Morgan fingerprint density at radius 3 is 2.67 bits per heavy atom. The van der Waals surface area contributed by atoms with Crippen LogP contribution in [0.2, 0.25) is 0 Å². The quantitative estimate of drug-likeness (QED) is 0.813. The summed E-state index contributed by atoms with van der Waals surface area (Å²) in [5, 5.41) is 12.9. The molecule has 0 bridgehead atoms. The molecule has 3 nitrogen and oxygen atoms in total. The zero-order valence-electron chi connectivity index (χ0n) is 12.2. The lowest BCUT2D eigenvalue weighted by Gasteiger charge is -2.23. The first kappa shape index (κ1) is 16.3. The molecule has 1 fully saturated rings. The van der Waals surface area contributed by atoms with Crippen molar-refractivity contribution in [3.63, 3.8) is 0 Å². The molecule has 1 aliphatic carbocycles. The number of aliphatic hydroxyl groups excluding tert-OH is 1. The summed E-state index contributed by atoms with van der Waals surface area (Å²) in [4.78, 5) is 0. The van der Waals surface area contributed by atoms with Crippen LogP contribution in [0.3, 0.4) is 0 Å². The average molecular weight is 299 g/mol. The molecule has 1 unspecified atom stereocenters. The Hall–Kier alpha value is -1.04. The maximum Gasteiger partial charge on any atom is 0.159 e. The minimum Gasteiger partial charge on any atom is -0.389 e. The Bertz CT molecular complexity index is 436. The maximum absolute atomic E-state index is 13.0. The molecule has 1 atom stereocenters. The van der Waals surface area contributed by atoms with E-state index in [1.165, 1.54) is 25.3 Å². The summed E-state index contributed by atoms with van der Waals surface area (Å²) < 4.78 is 31.5. The van der Waals surface area contributed by atoms with Gasteiger partial charge in [-0.1, -0.05) is 25.3 Å². The number of halogens is 2. The largest absolute Gasteiger partial charge is 0.389 e. The normalized spacial score (nSPS) is 17.9. The molecule has 0 amide bonds. The Morgan fingerprint density at radius 2 is 1.95 bits per heavy atom. The zero-order chi connectivity index (χ0) is 15.1. The fourth-order valence-corrected chi connectivity index (χ4v) is 2.57. The van der Waals surface area contributed by atoms with E-state index in [0.29, 0.717) is 25.3 Å². The van der Waals surface area contributed by atoms with Gasteiger partial charge in [-0.2, -0.15) is 0 Å². The van der Waals surface area contributed by atoms with Crippen molar-refractivity contribution in [1.82, 2.24) is 5.32 Å². The molecule has 5 heteroatoms. The van der Waals surface area contributed by atoms with Gasteiger partial charge in [0.25, 0.3) is 0 Å². The van der Waals surface area contributed by atoms with E-state index in [9.17, 15) is 13.9 Å². The van der Waals surface area contributed by atoms with Crippen LogP contribution in [0.4, 0.5) is 8.78 Å². The Labute approximate surface area is 124 Å². The van der Waals surface area contributed by atoms with Crippen molar-refractivity contribution in [3.05, 3.63) is 35.4 Å². The van der Waals surface area contributed by atoms with E-state index in [4.69, 9.17) is 4.74 Å². The van der Waals surface area contributed by atoms with Gasteiger partial charge in [0, 0.05) is 13.1 Å². The highest BCUT2D eigenvalue weighted by atomic mass is 19.2. The first-order valence-corrected chi connectivity index (χ1v) is 7.59. The standard InChI is InChI=1S/C16H23F2NO2/c17-15-7-6-12(8-16(15)18)9-19-10-13(20)11-21-14-4-2-1-3-5-14/h6-8,13-14,19-20H,1-5,9-11H2. The van der Waals surface area contributed by atoms with E-state index in [1.807, 2.05) is 0 Å². The van der Waals surface area contributed by atoms with E-state index >= 15 is 0 Å². The highest BCUT2D eigenvalue weighted by Gasteiger charge is 2.15. The number of ether oxygens (including phenoxy) is 1. The van der Waals surface area contributed by atoms with Gasteiger partial charge >= 0.3 is 0 Å². The third-order valence-electron chi connectivity index (χ3n) is 3.77. The van der Waals surface area contributed by atoms with Crippen LogP contribution < -0.4 is 5.32 Å². The summed E-state index contributed by atoms with van der Waals surface area (Å²) in [5.41, 5.74) is 0.647. The van der Waals surface area contributed by atoms with Gasteiger partial charge in [-0.3, -0.25) is 0 Å². The molecule has 1 aliphatic rings. The topological polar surface area (TPSA) is 41.5 Å². The molecule has 1 aromatic rings. The predicted molar refractivity (Wildman–Crippen MR) is 76.9 cm³/mol. The minimum absolute atomic E-state index is 0.277. The van der Waals surface area contributed by atoms with Crippen molar-refractivity contribution < 1.29 is 18.6 Å². The number of aliphatic hydroxyl groups is 1. The fourth-order valence-electron chi connectivity index (χ4n) is 2.57. The molecule has 1 aromatic carbocycles. The van der Waals surface area contributed by atoms with Crippen LogP contribution in [0.1, 0.15) is 37.7 Å². The van der Waals surface area contributed by atoms with E-state index in [0.717, 1.165) is 25.0 Å². The number of benzene rings is 1. The van der Waals surface area contributed by atoms with Crippen molar-refractivity contribution in [2.24, 2.45) is 0 Å². The van der Waals surface area contributed by atoms with Crippen LogP contribution in [-0.4, -0.2) is 30.5 Å². The second-order valence-corrected chi connectivity index (χ2v) is 5.63. The zero-order valence-corrected chi connectivity index (χ0v) is 12.2. The van der Waals surface area contributed by atoms with E-state index in [2.05, 4.69) is 5.32 Å². The van der Waals surface area contributed by atoms with Crippen molar-refractivity contribution >= 4 is 0 Å². The molecule has 21 heavy (non-hydrogen) atoms. The molecule has 0 saturated heterocycles. The van der Waals surface area contributed by atoms with Crippen LogP contribution in [-0.2, 0) is 11.3 Å². The van der Waals surface area contributed by atoms with Gasteiger partial charge in [0.1, 0.15) is 0 Å². The smallest absolute Gasteiger partial charge is 0.159 e. The average Bonchev–Trinajstić information content (AvgIpc) is 2.50. The van der Waals surface area contributed by atoms with Gasteiger partial charge < -0.3 is 15.2 Å². The van der Waals surface area contributed by atoms with E-state index < -0.39 is 17.7 Å². The van der Waals surface area contributed by atoms with Crippen LogP contribution in [0, 0.1) is 11.6 Å². The summed E-state index contributed by atoms with van der Waals surface area (Å²) in [6.07, 6.45) is 5.53. The van der Waals surface area contributed by atoms with Gasteiger partial charge in [-0.25, -0.2) is 8.78 Å². The van der Waals surface area contributed by atoms with E-state index in [-0.39, 0.29) is 6.10 Å². The van der Waals surface area contributed by atoms with Crippen molar-refractivity contribution in [2.75, 3.05) is 13.2 Å². The highest BCUT2D eigenvalue weighted by molar-refractivity contribution is 5.17. The SMILES string of the molecule is OC(CNCc1ccc(F)c(F)c1)COC1CCCCC1. The van der Waals surface area contributed by atoms with Crippen LogP contribution in [0.5, 0.6) is 0 Å². The summed E-state index contributed by atoms with van der Waals surface area (Å²) in [6, 6.07) is 3.79. The van der Waals surface area contributed by atoms with Crippen LogP contribution in [0.25, 0.3) is 0 Å². The summed E-state index contributed by atoms with van der Waals surface area (Å²) in [7, 11) is 0. The molecular formula is C16H23F2NO2. The van der Waals surface area contributed by atoms with Crippen molar-refractivity contribution in [3.8, 4) is 0 Å². The molecule has 2 rings (SSSR count). The molecular weight excluding hydrogens is 276 g/mol. The molecule has 118 valence electrons. The molecule has 0 aliphatic heterocycles. The number of rotatable bonds is 7. The molecule has 2 N–H and O–H groups in total. The van der Waals surface area contributed by atoms with Crippen molar-refractivity contribution in [2.45, 2.75) is 50.9 Å². The first-order chi connectivity index (χ1) is 10.1. The summed E-state index contributed by atoms with van der Waals surface area (Å²) >= 11 is 0. The Kier molecular flexibility index (Phi) is 6.54. The minimum atomic E-state index is -0.851. The van der Waals surface area contributed by atoms with Crippen LogP contribution in [0.15, 0.2) is 18.2 Å². The summed E-state index contributed by atoms with van der Waals surface area (Å²) in [5.74, 6) is -1.70. The molecule has 0 radical (unpaired) electrons. The Balaban J connectivity index is 1.62. The lowest BCUT2D eigenvalue weighted by Crippen LogP contribution is -2.32. The van der Waals surface area contributed by atoms with Gasteiger partial charge in [0.2, 0.25) is 0 Å². The predicted octanol–water partition coefficient (Wildman–Crippen LogP) is 2.76. The second-order valence-electron chi connectivity index (χ2n) is 5.63. The van der Waals surface area contributed by atoms with Gasteiger partial charge in [0.15, 0.2) is 11.6 Å². The molecule has 0 heterocycles. The first-order valence-electron chi connectivity index (χ1n) is 7.59. The lowest BCUT2D eigenvalue weighted by atomic mass is 9.98. The maximum atomic E-state index is 13.0. The second kappa shape index (κ2) is 8.41. The van der Waals surface area contributed by atoms with Crippen molar-refractivity contribution in [1.29, 1.82) is 0 Å². The van der Waals surface area contributed by atoms with Crippen LogP contribution >= 0.6 is 0 Å². The molecule has 1 saturated carbocycles. The van der Waals surface area contributed by atoms with Gasteiger partial charge in [0.05, 0.1) is 18.8 Å². The number of nitrogens with one attached hydrogen (secondary N) is 1. The molecule has 0 spiro atoms. The third-order valence-corrected chi connectivity index (χ3v) is 3.77.